The minimum atomic E-state index is -3.78. The minimum absolute atomic E-state index is 0.0254. The second kappa shape index (κ2) is 10.3. The number of nitrogens with zero attached hydrogens (tertiary/aromatic N) is 5. The van der Waals surface area contributed by atoms with Gasteiger partial charge in [-0.3, -0.25) is 0 Å². The first-order valence-electron chi connectivity index (χ1n) is 12.9. The van der Waals surface area contributed by atoms with Crippen LogP contribution in [0.2, 0.25) is 0 Å². The topological polar surface area (TPSA) is 125 Å². The molecule has 1 fully saturated rings. The molecule has 1 aliphatic rings. The van der Waals surface area contributed by atoms with Gasteiger partial charge in [0.25, 0.3) is 0 Å². The van der Waals surface area contributed by atoms with E-state index in [4.69, 9.17) is 15.5 Å². The molecule has 3 heterocycles. The number of aromatic nitrogens is 4. The van der Waals surface area contributed by atoms with Crippen LogP contribution in [0, 0.1) is 5.82 Å². The number of nitrogen functional groups attached to an aromatic ring is 1. The molecular formula is C27H31FN6O4S. The lowest BCUT2D eigenvalue weighted by Crippen LogP contribution is -2.39. The largest absolute Gasteiger partial charge is 0.450 e. The normalized spacial score (nSPS) is 14.8. The number of carbonyl (C=O) groups excluding carboxylic acids is 1. The van der Waals surface area contributed by atoms with Crippen LogP contribution in [0.15, 0.2) is 48.8 Å². The Kier molecular flexibility index (Phi) is 7.06. The van der Waals surface area contributed by atoms with Crippen molar-refractivity contribution in [3.8, 4) is 22.5 Å². The summed E-state index contributed by atoms with van der Waals surface area (Å²) in [7, 11) is -3.78. The highest BCUT2D eigenvalue weighted by molar-refractivity contribution is 7.90. The summed E-state index contributed by atoms with van der Waals surface area (Å²) >= 11 is 0. The first-order chi connectivity index (χ1) is 18.6. The van der Waals surface area contributed by atoms with Crippen molar-refractivity contribution in [3.05, 3.63) is 54.6 Å². The van der Waals surface area contributed by atoms with Crippen LogP contribution < -0.4 is 5.73 Å². The van der Waals surface area contributed by atoms with Gasteiger partial charge < -0.3 is 19.9 Å². The fourth-order valence-corrected chi connectivity index (χ4v) is 6.13. The molecule has 0 radical (unpaired) electrons. The van der Waals surface area contributed by atoms with E-state index in [1.165, 1.54) is 12.1 Å². The van der Waals surface area contributed by atoms with Crippen molar-refractivity contribution in [2.75, 3.05) is 25.4 Å². The lowest BCUT2D eigenvalue weighted by molar-refractivity contribution is 0.0928. The molecule has 1 saturated heterocycles. The number of likely N-dealkylation sites (tertiary alicyclic amines) is 1. The SMILES string of the molecule is CCOC(=O)N1CCC(n2cnc(-c3ccc(F)cc3)c2-c2ccc3nc(N)n(S(=O)(=O)C(C)C)c3c2)CC1. The van der Waals surface area contributed by atoms with E-state index >= 15 is 0 Å². The first-order valence-corrected chi connectivity index (χ1v) is 14.4. The van der Waals surface area contributed by atoms with Gasteiger partial charge in [0.05, 0.1) is 40.6 Å². The number of ether oxygens (including phenoxy) is 1. The Labute approximate surface area is 226 Å². The van der Waals surface area contributed by atoms with E-state index in [0.29, 0.717) is 54.8 Å². The van der Waals surface area contributed by atoms with Crippen molar-refractivity contribution in [1.29, 1.82) is 0 Å². The Morgan fingerprint density at radius 1 is 1.13 bits per heavy atom. The zero-order chi connectivity index (χ0) is 27.9. The first kappa shape index (κ1) is 26.7. The highest BCUT2D eigenvalue weighted by Crippen LogP contribution is 2.38. The fraction of sp³-hybridized carbons (Fsp3) is 0.370. The van der Waals surface area contributed by atoms with Gasteiger partial charge in [-0.1, -0.05) is 6.07 Å². The average Bonchev–Trinajstić information content (AvgIpc) is 3.50. The van der Waals surface area contributed by atoms with Gasteiger partial charge in [-0.05, 0) is 70.0 Å². The van der Waals surface area contributed by atoms with Crippen LogP contribution in [0.4, 0.5) is 15.1 Å². The van der Waals surface area contributed by atoms with Gasteiger partial charge in [0.15, 0.2) is 0 Å². The van der Waals surface area contributed by atoms with Crippen LogP contribution in [0.3, 0.4) is 0 Å². The number of anilines is 1. The standard InChI is InChI=1S/C27H31FN6O4S/c1-4-38-27(35)32-13-11-21(12-14-32)33-16-30-24(18-5-8-20(28)9-6-18)25(33)19-7-10-22-23(15-19)34(26(29)31-22)39(36,37)17(2)3/h5-10,15-17,21H,4,11-14H2,1-3H3,(H2,29,31). The summed E-state index contributed by atoms with van der Waals surface area (Å²) in [4.78, 5) is 22.9. The fourth-order valence-electron chi connectivity index (χ4n) is 4.98. The molecule has 4 aromatic rings. The van der Waals surface area contributed by atoms with Crippen LogP contribution in [0.25, 0.3) is 33.5 Å². The molecule has 2 aromatic heterocycles. The van der Waals surface area contributed by atoms with E-state index in [1.807, 2.05) is 6.07 Å². The van der Waals surface area contributed by atoms with Crippen molar-refractivity contribution in [2.24, 2.45) is 0 Å². The molecule has 10 nitrogen and oxygen atoms in total. The van der Waals surface area contributed by atoms with Crippen molar-refractivity contribution in [2.45, 2.75) is 44.9 Å². The molecule has 0 saturated carbocycles. The Morgan fingerprint density at radius 2 is 1.79 bits per heavy atom. The summed E-state index contributed by atoms with van der Waals surface area (Å²) in [5.74, 6) is -0.458. The molecule has 1 amide bonds. The lowest BCUT2D eigenvalue weighted by atomic mass is 10.0. The third-order valence-electron chi connectivity index (χ3n) is 7.06. The maximum absolute atomic E-state index is 13.7. The van der Waals surface area contributed by atoms with Crippen molar-refractivity contribution in [1.82, 2.24) is 23.4 Å². The Balaban J connectivity index is 1.63. The number of benzene rings is 2. The number of hydrogen-bond donors (Lipinski definition) is 1. The van der Waals surface area contributed by atoms with Crippen LogP contribution in [0.5, 0.6) is 0 Å². The van der Waals surface area contributed by atoms with E-state index < -0.39 is 15.3 Å². The second-order valence-corrected chi connectivity index (χ2v) is 12.1. The summed E-state index contributed by atoms with van der Waals surface area (Å²) in [6, 6.07) is 11.5. The monoisotopic (exact) mass is 554 g/mol. The molecule has 1 aliphatic heterocycles. The van der Waals surface area contributed by atoms with E-state index in [1.54, 1.807) is 56.3 Å². The summed E-state index contributed by atoms with van der Waals surface area (Å²) in [5, 5.41) is -0.703. The highest BCUT2D eigenvalue weighted by atomic mass is 32.2. The van der Waals surface area contributed by atoms with Gasteiger partial charge in [0, 0.05) is 30.3 Å². The van der Waals surface area contributed by atoms with E-state index in [0.717, 1.165) is 15.2 Å². The van der Waals surface area contributed by atoms with Gasteiger partial charge >= 0.3 is 6.09 Å². The number of carbonyl (C=O) groups is 1. The zero-order valence-corrected chi connectivity index (χ0v) is 22.9. The molecule has 0 aliphatic carbocycles. The minimum Gasteiger partial charge on any atom is -0.450 e. The van der Waals surface area contributed by atoms with Crippen molar-refractivity contribution in [3.63, 3.8) is 0 Å². The van der Waals surface area contributed by atoms with Crippen molar-refractivity contribution < 1.29 is 22.3 Å². The molecular weight excluding hydrogens is 523 g/mol. The van der Waals surface area contributed by atoms with Gasteiger partial charge in [-0.2, -0.15) is 0 Å². The Hall–Kier alpha value is -3.93. The Morgan fingerprint density at radius 3 is 2.44 bits per heavy atom. The van der Waals surface area contributed by atoms with E-state index in [9.17, 15) is 17.6 Å². The zero-order valence-electron chi connectivity index (χ0n) is 22.0. The number of imidazole rings is 2. The van der Waals surface area contributed by atoms with Crippen LogP contribution in [0.1, 0.15) is 39.7 Å². The molecule has 5 rings (SSSR count). The number of halogens is 1. The van der Waals surface area contributed by atoms with Gasteiger partial charge in [0.1, 0.15) is 5.82 Å². The summed E-state index contributed by atoms with van der Waals surface area (Å²) < 4.78 is 48.3. The summed E-state index contributed by atoms with van der Waals surface area (Å²) in [6.45, 7) is 6.34. The number of rotatable bonds is 6. The Bertz CT molecular complexity index is 1620. The maximum atomic E-state index is 13.7. The molecule has 206 valence electrons. The quantitative estimate of drug-likeness (QED) is 0.367. The third-order valence-corrected chi connectivity index (χ3v) is 9.14. The van der Waals surface area contributed by atoms with E-state index in [-0.39, 0.29) is 23.9 Å². The third kappa shape index (κ3) is 4.84. The number of hydrogen-bond acceptors (Lipinski definition) is 7. The number of amides is 1. The molecule has 0 unspecified atom stereocenters. The smallest absolute Gasteiger partial charge is 0.409 e. The molecule has 2 aromatic carbocycles. The maximum Gasteiger partial charge on any atom is 0.409 e. The predicted octanol–water partition coefficient (Wildman–Crippen LogP) is 4.67. The summed E-state index contributed by atoms with van der Waals surface area (Å²) in [5.41, 5.74) is 9.71. The number of piperidine rings is 1. The molecule has 0 bridgehead atoms. The molecule has 0 spiro atoms. The van der Waals surface area contributed by atoms with Crippen LogP contribution in [-0.4, -0.2) is 62.9 Å². The predicted molar refractivity (Wildman–Crippen MR) is 147 cm³/mol. The van der Waals surface area contributed by atoms with Crippen LogP contribution >= 0.6 is 0 Å². The molecule has 12 heteroatoms. The van der Waals surface area contributed by atoms with Gasteiger partial charge in [-0.25, -0.2) is 31.5 Å². The average molecular weight is 555 g/mol. The molecule has 2 N–H and O–H groups in total. The van der Waals surface area contributed by atoms with Gasteiger partial charge in [-0.15, -0.1) is 0 Å². The summed E-state index contributed by atoms with van der Waals surface area (Å²) in [6.07, 6.45) is 2.79. The highest BCUT2D eigenvalue weighted by Gasteiger charge is 2.29. The molecule has 39 heavy (non-hydrogen) atoms. The van der Waals surface area contributed by atoms with E-state index in [2.05, 4.69) is 9.55 Å². The second-order valence-electron chi connectivity index (χ2n) is 9.80. The number of nitrogens with two attached hydrogens (primary N) is 1. The van der Waals surface area contributed by atoms with Crippen LogP contribution in [-0.2, 0) is 14.8 Å². The van der Waals surface area contributed by atoms with Gasteiger partial charge in [0.2, 0.25) is 16.0 Å². The van der Waals surface area contributed by atoms with Crippen molar-refractivity contribution >= 4 is 33.1 Å². The lowest BCUT2D eigenvalue weighted by Gasteiger charge is -2.32. The number of fused-ring (bicyclic) bond motifs is 1. The molecule has 0 atom stereocenters.